The fourth-order valence-electron chi connectivity index (χ4n) is 3.70. The second kappa shape index (κ2) is 8.77. The lowest BCUT2D eigenvalue weighted by molar-refractivity contribution is -0.0147. The number of piperidine rings is 1. The molecule has 0 atom stereocenters. The van der Waals surface area contributed by atoms with Gasteiger partial charge in [0.25, 0.3) is 0 Å². The molecule has 1 fully saturated rings. The molecule has 2 aliphatic rings. The summed E-state index contributed by atoms with van der Waals surface area (Å²) in [6, 6.07) is 4.87. The Morgan fingerprint density at radius 2 is 2.00 bits per heavy atom. The van der Waals surface area contributed by atoms with Crippen molar-refractivity contribution in [2.75, 3.05) is 57.4 Å². The van der Waals surface area contributed by atoms with Crippen LogP contribution in [0.1, 0.15) is 29.6 Å². The zero-order chi connectivity index (χ0) is 20.2. The van der Waals surface area contributed by atoms with Gasteiger partial charge in [-0.05, 0) is 25.2 Å². The number of ether oxygens (including phenoxy) is 2. The second-order valence-electron chi connectivity index (χ2n) is 7.53. The van der Waals surface area contributed by atoms with E-state index in [9.17, 15) is 13.2 Å². The van der Waals surface area contributed by atoms with E-state index < -0.39 is 15.6 Å². The highest BCUT2D eigenvalue weighted by Crippen LogP contribution is 2.40. The number of carbonyl (C=O) groups excluding carboxylic acids is 1. The zero-order valence-electron chi connectivity index (χ0n) is 16.5. The quantitative estimate of drug-likeness (QED) is 0.618. The van der Waals surface area contributed by atoms with Crippen molar-refractivity contribution < 1.29 is 22.7 Å². The molecule has 0 amide bonds. The molecule has 9 heteroatoms. The number of likely N-dealkylation sites (N-methyl/N-ethyl adjacent to an activating group) is 1. The van der Waals surface area contributed by atoms with Crippen LogP contribution in [0.5, 0.6) is 5.75 Å². The highest BCUT2D eigenvalue weighted by Gasteiger charge is 2.42. The molecule has 2 N–H and O–H groups in total. The first kappa shape index (κ1) is 21.0. The minimum Gasteiger partial charge on any atom is -0.486 e. The first-order valence-electron chi connectivity index (χ1n) is 9.59. The molecular weight excluding hydrogens is 382 g/mol. The molecule has 28 heavy (non-hydrogen) atoms. The molecule has 0 aliphatic carbocycles. The zero-order valence-corrected chi connectivity index (χ0v) is 17.3. The van der Waals surface area contributed by atoms with Crippen molar-refractivity contribution in [3.63, 3.8) is 0 Å². The number of Topliss-reactive ketones (excluding diaryl/α,β-unsaturated/α-hetero) is 1. The van der Waals surface area contributed by atoms with Gasteiger partial charge in [0.2, 0.25) is 10.0 Å². The lowest BCUT2D eigenvalue weighted by Crippen LogP contribution is -2.51. The number of hydrogen-bond acceptors (Lipinski definition) is 7. The first-order chi connectivity index (χ1) is 13.3. The summed E-state index contributed by atoms with van der Waals surface area (Å²) in [4.78, 5) is 15.1. The predicted octanol–water partition coefficient (Wildman–Crippen LogP) is 1.09. The predicted molar refractivity (Wildman–Crippen MR) is 108 cm³/mol. The van der Waals surface area contributed by atoms with Gasteiger partial charge in [0, 0.05) is 44.7 Å². The van der Waals surface area contributed by atoms with Crippen molar-refractivity contribution in [2.45, 2.75) is 24.9 Å². The number of anilines is 1. The summed E-state index contributed by atoms with van der Waals surface area (Å²) in [5.74, 6) is 0.543. The summed E-state index contributed by atoms with van der Waals surface area (Å²) in [5, 5.41) is 3.05. The average Bonchev–Trinajstić information content (AvgIpc) is 2.63. The van der Waals surface area contributed by atoms with E-state index in [-0.39, 0.29) is 5.78 Å². The van der Waals surface area contributed by atoms with E-state index in [2.05, 4.69) is 14.9 Å². The fraction of sp³-hybridized carbons (Fsp3) is 0.632. The van der Waals surface area contributed by atoms with E-state index in [0.29, 0.717) is 36.6 Å². The number of benzene rings is 1. The number of carbonyl (C=O) groups is 1. The van der Waals surface area contributed by atoms with E-state index in [1.807, 2.05) is 7.05 Å². The molecule has 0 saturated carbocycles. The number of hydrogen-bond donors (Lipinski definition) is 2. The van der Waals surface area contributed by atoms with Crippen molar-refractivity contribution >= 4 is 21.5 Å². The maximum atomic E-state index is 12.7. The van der Waals surface area contributed by atoms with Gasteiger partial charge >= 0.3 is 0 Å². The Hall–Kier alpha value is -1.68. The Kier molecular flexibility index (Phi) is 6.59. The fourth-order valence-corrected chi connectivity index (χ4v) is 4.26. The van der Waals surface area contributed by atoms with Crippen LogP contribution in [-0.4, -0.2) is 77.4 Å². The summed E-state index contributed by atoms with van der Waals surface area (Å²) in [6.45, 7) is 4.87. The smallest absolute Gasteiger partial charge is 0.229 e. The van der Waals surface area contributed by atoms with Crippen molar-refractivity contribution in [3.8, 4) is 5.75 Å². The van der Waals surface area contributed by atoms with Gasteiger partial charge in [0.05, 0.1) is 31.5 Å². The van der Waals surface area contributed by atoms with Crippen LogP contribution in [0.15, 0.2) is 18.2 Å². The van der Waals surface area contributed by atoms with E-state index in [1.54, 1.807) is 18.2 Å². The summed E-state index contributed by atoms with van der Waals surface area (Å²) >= 11 is 0. The van der Waals surface area contributed by atoms with Crippen LogP contribution in [0.25, 0.3) is 0 Å². The standard InChI is InChI=1S/C19H29N3O5S/c1-20-7-11-26-12-10-22-8-5-19(6-9-22)14-17(23)16-13-15(21-28(2,24)25)3-4-18(16)27-19/h3-4,13,20-21H,5-12,14H2,1-2H3. The van der Waals surface area contributed by atoms with Crippen molar-refractivity contribution in [1.82, 2.24) is 10.2 Å². The van der Waals surface area contributed by atoms with Crippen LogP contribution in [-0.2, 0) is 14.8 Å². The number of likely N-dealkylation sites (tertiary alicyclic amines) is 1. The van der Waals surface area contributed by atoms with Gasteiger partial charge in [-0.15, -0.1) is 0 Å². The van der Waals surface area contributed by atoms with Gasteiger partial charge in [-0.3, -0.25) is 9.52 Å². The number of nitrogens with zero attached hydrogens (tertiary/aromatic N) is 1. The third-order valence-corrected chi connectivity index (χ3v) is 5.81. The lowest BCUT2D eigenvalue weighted by Gasteiger charge is -2.44. The molecule has 0 aromatic heterocycles. The maximum absolute atomic E-state index is 12.7. The molecule has 3 rings (SSSR count). The summed E-state index contributed by atoms with van der Waals surface area (Å²) in [7, 11) is -1.49. The molecule has 0 bridgehead atoms. The molecule has 0 unspecified atom stereocenters. The van der Waals surface area contributed by atoms with Crippen LogP contribution >= 0.6 is 0 Å². The SMILES string of the molecule is CNCCOCCN1CCC2(CC1)CC(=O)c1cc(NS(C)(=O)=O)ccc1O2. The monoisotopic (exact) mass is 411 g/mol. The maximum Gasteiger partial charge on any atom is 0.229 e. The number of ketones is 1. The molecule has 2 aliphatic heterocycles. The summed E-state index contributed by atoms with van der Waals surface area (Å²) in [6.07, 6.45) is 2.99. The number of sulfonamides is 1. The minimum absolute atomic E-state index is 0.00208. The van der Waals surface area contributed by atoms with E-state index in [4.69, 9.17) is 9.47 Å². The van der Waals surface area contributed by atoms with Gasteiger partial charge in [-0.1, -0.05) is 0 Å². The normalized spacial score (nSPS) is 19.3. The molecule has 1 saturated heterocycles. The minimum atomic E-state index is -3.39. The van der Waals surface area contributed by atoms with Crippen molar-refractivity contribution in [3.05, 3.63) is 23.8 Å². The van der Waals surface area contributed by atoms with E-state index in [1.165, 1.54) is 0 Å². The van der Waals surface area contributed by atoms with Gasteiger partial charge in [0.1, 0.15) is 11.4 Å². The second-order valence-corrected chi connectivity index (χ2v) is 9.28. The molecule has 1 aromatic rings. The van der Waals surface area contributed by atoms with Crippen LogP contribution in [0.4, 0.5) is 5.69 Å². The van der Waals surface area contributed by atoms with Crippen LogP contribution in [0.2, 0.25) is 0 Å². The molecule has 0 radical (unpaired) electrons. The van der Waals surface area contributed by atoms with Gasteiger partial charge in [0.15, 0.2) is 5.78 Å². The molecular formula is C19H29N3O5S. The average molecular weight is 412 g/mol. The Morgan fingerprint density at radius 1 is 1.25 bits per heavy atom. The topological polar surface area (TPSA) is 97.0 Å². The van der Waals surface area contributed by atoms with Gasteiger partial charge in [-0.25, -0.2) is 8.42 Å². The Balaban J connectivity index is 1.58. The molecule has 1 aromatic carbocycles. The summed E-state index contributed by atoms with van der Waals surface area (Å²) < 4.78 is 37.1. The Morgan fingerprint density at radius 3 is 2.68 bits per heavy atom. The number of fused-ring (bicyclic) bond motifs is 1. The Bertz CT molecular complexity index is 804. The lowest BCUT2D eigenvalue weighted by atomic mass is 9.82. The van der Waals surface area contributed by atoms with Crippen LogP contribution < -0.4 is 14.8 Å². The number of nitrogens with one attached hydrogen (secondary N) is 2. The largest absolute Gasteiger partial charge is 0.486 e. The van der Waals surface area contributed by atoms with Gasteiger partial charge < -0.3 is 19.7 Å². The van der Waals surface area contributed by atoms with E-state index in [0.717, 1.165) is 45.3 Å². The Labute approximate surface area is 166 Å². The van der Waals surface area contributed by atoms with Crippen molar-refractivity contribution in [2.24, 2.45) is 0 Å². The molecule has 2 heterocycles. The molecule has 1 spiro atoms. The highest BCUT2D eigenvalue weighted by molar-refractivity contribution is 7.92. The molecule has 8 nitrogen and oxygen atoms in total. The number of rotatable bonds is 8. The van der Waals surface area contributed by atoms with Crippen LogP contribution in [0, 0.1) is 0 Å². The van der Waals surface area contributed by atoms with Crippen molar-refractivity contribution in [1.29, 1.82) is 0 Å². The third kappa shape index (κ3) is 5.44. The van der Waals surface area contributed by atoms with E-state index >= 15 is 0 Å². The van der Waals surface area contributed by atoms with Gasteiger partial charge in [-0.2, -0.15) is 0 Å². The first-order valence-corrected chi connectivity index (χ1v) is 11.5. The third-order valence-electron chi connectivity index (χ3n) is 5.21. The molecule has 156 valence electrons. The summed E-state index contributed by atoms with van der Waals surface area (Å²) in [5.41, 5.74) is 0.362. The van der Waals surface area contributed by atoms with Crippen LogP contribution in [0.3, 0.4) is 0 Å². The highest BCUT2D eigenvalue weighted by atomic mass is 32.2.